The molecule has 3 aromatic carbocycles. The first-order valence-corrected chi connectivity index (χ1v) is 25.1. The SMILES string of the molecule is C=CCOC(=O)C[C@H](C(=O)N[C@@H](C)C(=O)Cc1ccc(COC(=O)Nc2cc(OCCCCCOc3cc(NC(=O)OCC=C)c(C(=O)N4CC[C@H]4CO)cc3OC)c(C)cc2C(=O)N2CC[C@H]2CO)cc1)C(C)C. The first-order valence-electron chi connectivity index (χ1n) is 25.1. The number of ether oxygens (including phenoxy) is 6. The summed E-state index contributed by atoms with van der Waals surface area (Å²) in [5, 5.41) is 27.6. The molecule has 3 aromatic rings. The summed E-state index contributed by atoms with van der Waals surface area (Å²) < 4.78 is 33.5. The Kier molecular flexibility index (Phi) is 22.5. The van der Waals surface area contributed by atoms with Crippen LogP contribution in [-0.2, 0) is 41.6 Å². The van der Waals surface area contributed by atoms with Crippen molar-refractivity contribution in [1.29, 1.82) is 0 Å². The Labute approximate surface area is 437 Å². The molecular formula is C55H71N5O15. The number of ketones is 1. The van der Waals surface area contributed by atoms with Crippen LogP contribution in [0.1, 0.15) is 96.7 Å². The average molecular weight is 1040 g/mol. The fourth-order valence-corrected chi connectivity index (χ4v) is 8.19. The van der Waals surface area contributed by atoms with E-state index in [2.05, 4.69) is 29.1 Å². The van der Waals surface area contributed by atoms with Crippen LogP contribution in [0.2, 0.25) is 0 Å². The van der Waals surface area contributed by atoms with Crippen molar-refractivity contribution < 1.29 is 72.2 Å². The van der Waals surface area contributed by atoms with Crippen LogP contribution >= 0.6 is 0 Å². The minimum absolute atomic E-state index is 0.0226. The largest absolute Gasteiger partial charge is 0.493 e. The van der Waals surface area contributed by atoms with Crippen molar-refractivity contribution >= 4 is 53.0 Å². The van der Waals surface area contributed by atoms with Crippen LogP contribution in [0.25, 0.3) is 0 Å². The van der Waals surface area contributed by atoms with Gasteiger partial charge in [-0.25, -0.2) is 9.59 Å². The number of aliphatic hydroxyl groups is 2. The molecule has 5 N–H and O–H groups in total. The molecule has 0 aliphatic carbocycles. The van der Waals surface area contributed by atoms with E-state index in [1.807, 2.05) is 13.8 Å². The van der Waals surface area contributed by atoms with Gasteiger partial charge in [0.25, 0.3) is 11.8 Å². The van der Waals surface area contributed by atoms with Gasteiger partial charge in [0.2, 0.25) is 5.91 Å². The number of anilines is 2. The summed E-state index contributed by atoms with van der Waals surface area (Å²) in [6, 6.07) is 11.6. The number of aliphatic hydroxyl groups excluding tert-OH is 2. The number of amides is 5. The molecule has 2 aliphatic heterocycles. The molecule has 0 spiro atoms. The van der Waals surface area contributed by atoms with E-state index in [1.165, 1.54) is 36.3 Å². The Morgan fingerprint density at radius 2 is 1.24 bits per heavy atom. The molecule has 2 saturated heterocycles. The van der Waals surface area contributed by atoms with Gasteiger partial charge in [-0.15, -0.1) is 0 Å². The van der Waals surface area contributed by atoms with Crippen LogP contribution in [0.4, 0.5) is 21.0 Å². The number of benzene rings is 3. The van der Waals surface area contributed by atoms with E-state index in [0.717, 1.165) is 0 Å². The van der Waals surface area contributed by atoms with E-state index < -0.39 is 36.0 Å². The molecule has 0 radical (unpaired) electrons. The summed E-state index contributed by atoms with van der Waals surface area (Å²) in [7, 11) is 1.44. The maximum Gasteiger partial charge on any atom is 0.411 e. The minimum Gasteiger partial charge on any atom is -0.493 e. The number of methoxy groups -OCH3 is 1. The normalized spacial score (nSPS) is 15.5. The number of nitrogens with zero attached hydrogens (tertiary/aromatic N) is 2. The minimum atomic E-state index is -0.835. The second kappa shape index (κ2) is 28.9. The van der Waals surface area contributed by atoms with Gasteiger partial charge in [-0.05, 0) is 80.7 Å². The molecular weight excluding hydrogens is 971 g/mol. The molecule has 2 heterocycles. The number of rotatable bonds is 29. The molecule has 0 bridgehead atoms. The van der Waals surface area contributed by atoms with Crippen molar-refractivity contribution in [3.8, 4) is 17.2 Å². The predicted molar refractivity (Wildman–Crippen MR) is 278 cm³/mol. The van der Waals surface area contributed by atoms with Gasteiger partial charge in [-0.2, -0.15) is 0 Å². The third kappa shape index (κ3) is 16.5. The lowest BCUT2D eigenvalue weighted by molar-refractivity contribution is -0.146. The quantitative estimate of drug-likeness (QED) is 0.0214. The summed E-state index contributed by atoms with van der Waals surface area (Å²) >= 11 is 0. The van der Waals surface area contributed by atoms with E-state index >= 15 is 0 Å². The highest BCUT2D eigenvalue weighted by Gasteiger charge is 2.36. The van der Waals surface area contributed by atoms with Gasteiger partial charge in [-0.3, -0.25) is 34.6 Å². The van der Waals surface area contributed by atoms with E-state index in [4.69, 9.17) is 28.4 Å². The zero-order valence-electron chi connectivity index (χ0n) is 43.5. The van der Waals surface area contributed by atoms with Gasteiger partial charge in [0, 0.05) is 31.6 Å². The average Bonchev–Trinajstić information content (AvgIpc) is 3.36. The lowest BCUT2D eigenvalue weighted by Crippen LogP contribution is -2.53. The van der Waals surface area contributed by atoms with E-state index in [1.54, 1.807) is 55.1 Å². The maximum absolute atomic E-state index is 13.7. The Bertz CT molecular complexity index is 2510. The fourth-order valence-electron chi connectivity index (χ4n) is 8.19. The van der Waals surface area contributed by atoms with Crippen LogP contribution in [0.15, 0.2) is 73.8 Å². The zero-order valence-corrected chi connectivity index (χ0v) is 43.5. The monoisotopic (exact) mass is 1040 g/mol. The number of nitrogens with one attached hydrogen (secondary N) is 3. The summed E-state index contributed by atoms with van der Waals surface area (Å²) in [6.07, 6.45) is 4.30. The molecule has 75 heavy (non-hydrogen) atoms. The van der Waals surface area contributed by atoms with E-state index in [9.17, 15) is 43.8 Å². The Hall–Kier alpha value is -7.45. The predicted octanol–water partition coefficient (Wildman–Crippen LogP) is 6.54. The van der Waals surface area contributed by atoms with Crippen LogP contribution in [0.5, 0.6) is 17.2 Å². The number of carbonyl (C=O) groups excluding carboxylic acids is 7. The van der Waals surface area contributed by atoms with Crippen molar-refractivity contribution in [2.45, 2.75) is 97.4 Å². The third-order valence-corrected chi connectivity index (χ3v) is 12.9. The fraction of sp³-hybridized carbons (Fsp3) is 0.473. The number of likely N-dealkylation sites (tertiary alicyclic amines) is 2. The third-order valence-electron chi connectivity index (χ3n) is 12.9. The van der Waals surface area contributed by atoms with Gasteiger partial charge in [-0.1, -0.05) is 63.4 Å². The lowest BCUT2D eigenvalue weighted by Gasteiger charge is -2.40. The second-order valence-electron chi connectivity index (χ2n) is 18.6. The number of Topliss-reactive ketones (excluding diaryl/α,β-unsaturated/α-hetero) is 1. The molecule has 2 aliphatic rings. The van der Waals surface area contributed by atoms with Crippen LogP contribution in [-0.4, -0.2) is 140 Å². The molecule has 0 unspecified atom stereocenters. The van der Waals surface area contributed by atoms with Crippen LogP contribution in [0, 0.1) is 18.8 Å². The summed E-state index contributed by atoms with van der Waals surface area (Å²) in [6.45, 7) is 15.0. The van der Waals surface area contributed by atoms with Gasteiger partial charge in [0.05, 0.1) is 86.5 Å². The second-order valence-corrected chi connectivity index (χ2v) is 18.6. The van der Waals surface area contributed by atoms with Gasteiger partial charge >= 0.3 is 18.2 Å². The van der Waals surface area contributed by atoms with Crippen molar-refractivity contribution in [2.75, 3.05) is 70.5 Å². The number of hydrogen-bond donors (Lipinski definition) is 5. The Balaban J connectivity index is 1.15. The number of esters is 1. The molecule has 5 amide bonds. The van der Waals surface area contributed by atoms with Crippen molar-refractivity contribution in [3.05, 3.63) is 102 Å². The first kappa shape index (κ1) is 58.4. The standard InChI is InChI=1S/C55H71N5O15/c1-8-21-73-50(64)28-41(34(3)4)51(65)56-36(6)46(63)26-37-13-15-38(16-14-37)33-75-55(69)58-44-29-47(35(5)25-42(44)52(66)59-19-17-39(59)31-61)71-23-11-10-12-24-72-49-30-45(57-54(68)74-22-9-2)43(27-48(49)70-7)53(67)60-20-18-40(60)32-62/h8-9,13-16,25,27,29-30,34,36,39-41,61-62H,1-2,10-12,17-24,26,28,31-33H2,3-7H3,(H,56,65)(H,57,68)(H,58,69)/t36-,39-,40-,41-/m0/s1. The van der Waals surface area contributed by atoms with Crippen molar-refractivity contribution in [1.82, 2.24) is 15.1 Å². The van der Waals surface area contributed by atoms with E-state index in [0.29, 0.717) is 67.6 Å². The van der Waals surface area contributed by atoms with Gasteiger partial charge in [0.15, 0.2) is 17.3 Å². The topological polar surface area (TPSA) is 258 Å². The molecule has 5 rings (SSSR count). The molecule has 20 heteroatoms. The van der Waals surface area contributed by atoms with Crippen molar-refractivity contribution in [2.24, 2.45) is 11.8 Å². The smallest absolute Gasteiger partial charge is 0.411 e. The molecule has 0 saturated carbocycles. The lowest BCUT2D eigenvalue weighted by atomic mass is 9.91. The summed E-state index contributed by atoms with van der Waals surface area (Å²) in [4.78, 5) is 94.4. The molecule has 4 atom stereocenters. The highest BCUT2D eigenvalue weighted by atomic mass is 16.6. The highest BCUT2D eigenvalue weighted by molar-refractivity contribution is 6.05. The molecule has 20 nitrogen and oxygen atoms in total. The molecule has 0 aromatic heterocycles. The molecule has 406 valence electrons. The highest BCUT2D eigenvalue weighted by Crippen LogP contribution is 2.36. The number of hydrogen-bond acceptors (Lipinski definition) is 15. The maximum atomic E-state index is 13.7. The first-order chi connectivity index (χ1) is 36.0. The van der Waals surface area contributed by atoms with Gasteiger partial charge < -0.3 is 53.8 Å². The van der Waals surface area contributed by atoms with Gasteiger partial charge in [0.1, 0.15) is 25.6 Å². The number of carbonyl (C=O) groups is 7. The number of unbranched alkanes of at least 4 members (excludes halogenated alkanes) is 2. The van der Waals surface area contributed by atoms with E-state index in [-0.39, 0.29) is 129 Å². The summed E-state index contributed by atoms with van der Waals surface area (Å²) in [5.41, 5.74) is 2.60. The zero-order chi connectivity index (χ0) is 54.6. The van der Waals surface area contributed by atoms with Crippen LogP contribution in [0.3, 0.4) is 0 Å². The number of aryl methyl sites for hydroxylation is 1. The van der Waals surface area contributed by atoms with Crippen molar-refractivity contribution in [3.63, 3.8) is 0 Å². The Morgan fingerprint density at radius 1 is 0.707 bits per heavy atom. The Morgan fingerprint density at radius 3 is 1.77 bits per heavy atom. The molecule has 2 fully saturated rings. The van der Waals surface area contributed by atoms with Crippen LogP contribution < -0.4 is 30.2 Å². The summed E-state index contributed by atoms with van der Waals surface area (Å²) in [5.74, 6) is -1.80.